The number of nitrogens with zero attached hydrogens (tertiary/aromatic N) is 3. The van der Waals surface area contributed by atoms with E-state index in [4.69, 9.17) is 21.7 Å². The quantitative estimate of drug-likeness (QED) is 0.815. The summed E-state index contributed by atoms with van der Waals surface area (Å²) < 4.78 is 13.5. The lowest BCUT2D eigenvalue weighted by Gasteiger charge is -2.34. The molecule has 2 aromatic rings. The average molecular weight is 388 g/mol. The fourth-order valence-electron chi connectivity index (χ4n) is 3.73. The highest BCUT2D eigenvalue weighted by Crippen LogP contribution is 2.25. The van der Waals surface area contributed by atoms with Crippen molar-refractivity contribution in [3.63, 3.8) is 0 Å². The molecule has 1 unspecified atom stereocenters. The predicted octanol–water partition coefficient (Wildman–Crippen LogP) is 2.53. The van der Waals surface area contributed by atoms with E-state index in [0.29, 0.717) is 30.4 Å². The highest BCUT2D eigenvalue weighted by Gasteiger charge is 2.33. The van der Waals surface area contributed by atoms with Crippen LogP contribution in [0, 0.1) is 17.6 Å². The minimum absolute atomic E-state index is 0.0450. The molecule has 2 fully saturated rings. The van der Waals surface area contributed by atoms with Gasteiger partial charge in [0.25, 0.3) is 0 Å². The second-order valence-corrected chi connectivity index (χ2v) is 7.54. The Bertz CT molecular complexity index is 855. The van der Waals surface area contributed by atoms with Gasteiger partial charge in [-0.2, -0.15) is 5.10 Å². The Labute approximate surface area is 163 Å². The number of hydrogen-bond donors (Lipinski definition) is 1. The van der Waals surface area contributed by atoms with Gasteiger partial charge in [-0.15, -0.1) is 0 Å². The van der Waals surface area contributed by atoms with E-state index in [-0.39, 0.29) is 24.7 Å². The maximum atomic E-state index is 13.0. The van der Waals surface area contributed by atoms with Crippen molar-refractivity contribution in [1.82, 2.24) is 19.7 Å². The van der Waals surface area contributed by atoms with E-state index < -0.39 is 0 Å². The molecule has 0 radical (unpaired) electrons. The smallest absolute Gasteiger partial charge is 0.242 e. The monoisotopic (exact) mass is 388 g/mol. The topological polar surface area (TPSA) is 72.4 Å². The third kappa shape index (κ3) is 3.97. The molecule has 8 heteroatoms. The first kappa shape index (κ1) is 18.3. The van der Waals surface area contributed by atoms with Crippen LogP contribution in [0.4, 0.5) is 0 Å². The molecule has 27 heavy (non-hydrogen) atoms. The van der Waals surface area contributed by atoms with E-state index in [0.717, 1.165) is 24.9 Å². The number of benzene rings is 1. The number of ether oxygens (including phenoxy) is 2. The predicted molar refractivity (Wildman–Crippen MR) is 103 cm³/mol. The van der Waals surface area contributed by atoms with Gasteiger partial charge < -0.3 is 14.4 Å². The Kier molecular flexibility index (Phi) is 5.38. The second-order valence-electron chi connectivity index (χ2n) is 7.16. The number of rotatable bonds is 4. The number of hydrogen-bond acceptors (Lipinski definition) is 5. The molecule has 1 aromatic carbocycles. The number of piperidine rings is 1. The number of carbonyl (C=O) groups excluding carboxylic acids is 1. The molecule has 0 saturated carbocycles. The summed E-state index contributed by atoms with van der Waals surface area (Å²) >= 11 is 5.36. The minimum atomic E-state index is -0.181. The van der Waals surface area contributed by atoms with Crippen molar-refractivity contribution in [3.8, 4) is 11.4 Å². The summed E-state index contributed by atoms with van der Waals surface area (Å²) in [7, 11) is 0. The largest absolute Gasteiger partial charge is 0.350 e. The number of aromatic nitrogens is 3. The zero-order valence-corrected chi connectivity index (χ0v) is 16.2. The van der Waals surface area contributed by atoms with Crippen LogP contribution in [0.2, 0.25) is 0 Å². The third-order valence-electron chi connectivity index (χ3n) is 5.20. The Hall–Kier alpha value is -2.03. The fraction of sp³-hybridized carbons (Fsp3) is 0.526. The summed E-state index contributed by atoms with van der Waals surface area (Å²) in [6.45, 7) is 4.91. The van der Waals surface area contributed by atoms with Crippen molar-refractivity contribution >= 4 is 18.1 Å². The van der Waals surface area contributed by atoms with Crippen LogP contribution < -0.4 is 0 Å². The molecular weight excluding hydrogens is 364 g/mol. The number of H-pyrrole nitrogens is 1. The molecule has 3 heterocycles. The van der Waals surface area contributed by atoms with Crippen LogP contribution in [-0.2, 0) is 20.8 Å². The maximum Gasteiger partial charge on any atom is 0.242 e. The Morgan fingerprint density at radius 2 is 2.04 bits per heavy atom. The van der Waals surface area contributed by atoms with Crippen molar-refractivity contribution in [2.75, 3.05) is 26.3 Å². The number of aryl methyl sites for hydroxylation is 1. The van der Waals surface area contributed by atoms with Crippen molar-refractivity contribution < 1.29 is 14.3 Å². The van der Waals surface area contributed by atoms with E-state index in [1.54, 1.807) is 4.57 Å². The van der Waals surface area contributed by atoms with Gasteiger partial charge in [0.2, 0.25) is 5.91 Å². The van der Waals surface area contributed by atoms with Crippen LogP contribution in [0.3, 0.4) is 0 Å². The highest BCUT2D eigenvalue weighted by atomic mass is 32.1. The molecular formula is C19H24N4O3S. The Balaban J connectivity index is 1.49. The molecule has 0 bridgehead atoms. The Morgan fingerprint density at radius 1 is 1.30 bits per heavy atom. The van der Waals surface area contributed by atoms with Crippen LogP contribution in [0.5, 0.6) is 0 Å². The number of amides is 1. The van der Waals surface area contributed by atoms with Gasteiger partial charge in [0.05, 0.1) is 13.2 Å². The van der Waals surface area contributed by atoms with Crippen molar-refractivity contribution in [2.24, 2.45) is 5.92 Å². The first-order valence-corrected chi connectivity index (χ1v) is 9.76. The maximum absolute atomic E-state index is 13.0. The SMILES string of the molecule is Cc1ccc(-c2n[nH]c(=S)n2CC(=O)N2CCCC(C3OCCO3)C2)cc1. The normalized spacial score (nSPS) is 20.9. The van der Waals surface area contributed by atoms with Crippen molar-refractivity contribution in [1.29, 1.82) is 0 Å². The van der Waals surface area contributed by atoms with Gasteiger partial charge in [-0.1, -0.05) is 29.8 Å². The lowest BCUT2D eigenvalue weighted by Crippen LogP contribution is -2.45. The summed E-state index contributed by atoms with van der Waals surface area (Å²) in [4.78, 5) is 14.8. The summed E-state index contributed by atoms with van der Waals surface area (Å²) in [5, 5.41) is 7.14. The molecule has 4 rings (SSSR count). The van der Waals surface area contributed by atoms with Crippen molar-refractivity contribution in [2.45, 2.75) is 32.6 Å². The number of nitrogens with one attached hydrogen (secondary N) is 1. The fourth-order valence-corrected chi connectivity index (χ4v) is 3.93. The molecule has 1 atom stereocenters. The van der Waals surface area contributed by atoms with Gasteiger partial charge in [0.15, 0.2) is 16.9 Å². The molecule has 1 amide bonds. The molecule has 2 aliphatic heterocycles. The summed E-state index contributed by atoms with van der Waals surface area (Å²) in [5.41, 5.74) is 2.11. The van der Waals surface area contributed by atoms with Crippen molar-refractivity contribution in [3.05, 3.63) is 34.6 Å². The molecule has 0 spiro atoms. The minimum Gasteiger partial charge on any atom is -0.350 e. The van der Waals surface area contributed by atoms with Gasteiger partial charge in [0.1, 0.15) is 6.54 Å². The molecule has 1 aromatic heterocycles. The van der Waals surface area contributed by atoms with Crippen LogP contribution in [-0.4, -0.2) is 58.2 Å². The highest BCUT2D eigenvalue weighted by molar-refractivity contribution is 7.71. The van der Waals surface area contributed by atoms with Gasteiger partial charge in [0, 0.05) is 24.6 Å². The van der Waals surface area contributed by atoms with E-state index >= 15 is 0 Å². The Morgan fingerprint density at radius 3 is 2.78 bits per heavy atom. The molecule has 0 aliphatic carbocycles. The van der Waals surface area contributed by atoms with E-state index in [1.807, 2.05) is 36.1 Å². The number of likely N-dealkylation sites (tertiary alicyclic amines) is 1. The summed E-state index contributed by atoms with van der Waals surface area (Å²) in [6.07, 6.45) is 1.80. The van der Waals surface area contributed by atoms with Crippen LogP contribution in [0.25, 0.3) is 11.4 Å². The van der Waals surface area contributed by atoms with Gasteiger partial charge >= 0.3 is 0 Å². The lowest BCUT2D eigenvalue weighted by atomic mass is 9.97. The zero-order valence-electron chi connectivity index (χ0n) is 15.4. The third-order valence-corrected chi connectivity index (χ3v) is 5.52. The van der Waals surface area contributed by atoms with Gasteiger partial charge in [-0.05, 0) is 32.0 Å². The van der Waals surface area contributed by atoms with Gasteiger partial charge in [-0.3, -0.25) is 14.5 Å². The lowest BCUT2D eigenvalue weighted by molar-refractivity contribution is -0.139. The average Bonchev–Trinajstić information content (AvgIpc) is 3.34. The van der Waals surface area contributed by atoms with Crippen LogP contribution in [0.15, 0.2) is 24.3 Å². The van der Waals surface area contributed by atoms with Gasteiger partial charge in [-0.25, -0.2) is 0 Å². The zero-order chi connectivity index (χ0) is 18.8. The summed E-state index contributed by atoms with van der Waals surface area (Å²) in [6, 6.07) is 8.03. The molecule has 2 aliphatic rings. The first-order valence-electron chi connectivity index (χ1n) is 9.35. The van der Waals surface area contributed by atoms with Crippen LogP contribution in [0.1, 0.15) is 18.4 Å². The second kappa shape index (κ2) is 7.92. The molecule has 144 valence electrons. The van der Waals surface area contributed by atoms with E-state index in [1.165, 1.54) is 5.56 Å². The first-order chi connectivity index (χ1) is 13.1. The number of carbonyl (C=O) groups is 1. The molecule has 1 N–H and O–H groups in total. The van der Waals surface area contributed by atoms with E-state index in [9.17, 15) is 4.79 Å². The molecule has 7 nitrogen and oxygen atoms in total. The standard InChI is InChI=1S/C19H24N4O3S/c1-13-4-6-14(7-5-13)17-20-21-19(27)23(17)12-16(24)22-8-2-3-15(11-22)18-25-9-10-26-18/h4-7,15,18H,2-3,8-12H2,1H3,(H,21,27). The van der Waals surface area contributed by atoms with Crippen LogP contribution >= 0.6 is 12.2 Å². The van der Waals surface area contributed by atoms with E-state index in [2.05, 4.69) is 10.2 Å². The molecule has 2 saturated heterocycles. The summed E-state index contributed by atoms with van der Waals surface area (Å²) in [5.74, 6) is 0.965. The number of aromatic amines is 1.